The second kappa shape index (κ2) is 8.67. The van der Waals surface area contributed by atoms with Crippen LogP contribution in [0.5, 0.6) is 0 Å². The van der Waals surface area contributed by atoms with Crippen LogP contribution in [0.4, 0.5) is 13.2 Å². The van der Waals surface area contributed by atoms with Crippen LogP contribution in [0, 0.1) is 0 Å². The number of fused-ring (bicyclic) bond motifs is 3. The Bertz CT molecular complexity index is 1380. The van der Waals surface area contributed by atoms with Crippen LogP contribution in [0.25, 0.3) is 33.6 Å². The van der Waals surface area contributed by atoms with Crippen LogP contribution >= 0.6 is 0 Å². The predicted octanol–water partition coefficient (Wildman–Crippen LogP) is 7.83. The Kier molecular flexibility index (Phi) is 5.78. The highest BCUT2D eigenvalue weighted by molar-refractivity contribution is 5.85. The molecule has 1 aliphatic rings. The summed E-state index contributed by atoms with van der Waals surface area (Å²) in [5, 5.41) is 7.05. The van der Waals surface area contributed by atoms with E-state index in [0.717, 1.165) is 42.9 Å². The highest BCUT2D eigenvalue weighted by Crippen LogP contribution is 2.50. The molecule has 0 bridgehead atoms. The Morgan fingerprint density at radius 1 is 0.886 bits per heavy atom. The molecular weight excluding hydrogens is 447 g/mol. The molecule has 35 heavy (non-hydrogen) atoms. The fourth-order valence-electron chi connectivity index (χ4n) is 5.13. The normalized spacial score (nSPS) is 14.1. The van der Waals surface area contributed by atoms with E-state index in [1.807, 2.05) is 12.1 Å². The molecule has 0 atom stereocenters. The molecular formula is C29H27F3N3-. The van der Waals surface area contributed by atoms with E-state index in [1.165, 1.54) is 27.8 Å². The molecule has 180 valence electrons. The van der Waals surface area contributed by atoms with Crippen LogP contribution in [-0.2, 0) is 18.0 Å². The van der Waals surface area contributed by atoms with Gasteiger partial charge in [0.05, 0.1) is 0 Å². The smallest absolute Gasteiger partial charge is 0.431 e. The van der Waals surface area contributed by atoms with Crippen molar-refractivity contribution in [3.63, 3.8) is 0 Å². The van der Waals surface area contributed by atoms with Crippen molar-refractivity contribution in [2.45, 2.75) is 58.0 Å². The Labute approximate surface area is 203 Å². The molecule has 0 spiro atoms. The van der Waals surface area contributed by atoms with E-state index >= 15 is 0 Å². The number of pyridine rings is 1. The molecule has 0 saturated carbocycles. The molecule has 6 heteroatoms. The minimum absolute atomic E-state index is 0.126. The molecule has 0 amide bonds. The van der Waals surface area contributed by atoms with Crippen LogP contribution in [0.1, 0.15) is 62.4 Å². The second-order valence-electron chi connectivity index (χ2n) is 9.72. The van der Waals surface area contributed by atoms with Gasteiger partial charge in [0.15, 0.2) is 0 Å². The van der Waals surface area contributed by atoms with Crippen LogP contribution in [0.15, 0.2) is 60.8 Å². The highest BCUT2D eigenvalue weighted by atomic mass is 19.4. The molecule has 3 nitrogen and oxygen atoms in total. The van der Waals surface area contributed by atoms with Gasteiger partial charge in [0.1, 0.15) is 5.69 Å². The largest absolute Gasteiger partial charge is 0.573 e. The summed E-state index contributed by atoms with van der Waals surface area (Å²) in [6.45, 7) is 6.68. The van der Waals surface area contributed by atoms with Gasteiger partial charge < -0.3 is 10.2 Å². The lowest BCUT2D eigenvalue weighted by atomic mass is 9.80. The summed E-state index contributed by atoms with van der Waals surface area (Å²) in [4.78, 5) is 4.30. The van der Waals surface area contributed by atoms with Crippen molar-refractivity contribution < 1.29 is 13.2 Å². The lowest BCUT2D eigenvalue weighted by Gasteiger charge is -2.23. The average Bonchev–Trinajstić information content (AvgIpc) is 3.42. The molecule has 0 saturated heterocycles. The molecule has 0 aliphatic heterocycles. The third-order valence-electron chi connectivity index (χ3n) is 7.02. The molecule has 0 N–H and O–H groups in total. The number of nitrogens with zero attached hydrogens (tertiary/aromatic N) is 3. The zero-order valence-electron chi connectivity index (χ0n) is 20.1. The highest BCUT2D eigenvalue weighted by Gasteiger charge is 2.36. The maximum Gasteiger partial charge on any atom is 0.431 e. The summed E-state index contributed by atoms with van der Waals surface area (Å²) in [7, 11) is 0. The van der Waals surface area contributed by atoms with Gasteiger partial charge in [-0.25, -0.2) is 0 Å². The molecule has 5 rings (SSSR count). The van der Waals surface area contributed by atoms with Gasteiger partial charge in [0.25, 0.3) is 0 Å². The predicted molar refractivity (Wildman–Crippen MR) is 132 cm³/mol. The monoisotopic (exact) mass is 474 g/mol. The van der Waals surface area contributed by atoms with Crippen LogP contribution in [-0.4, -0.2) is 10.1 Å². The molecule has 0 unspecified atom stereocenters. The van der Waals surface area contributed by atoms with Gasteiger partial charge in [-0.3, -0.25) is 4.98 Å². The van der Waals surface area contributed by atoms with Crippen molar-refractivity contribution in [3.8, 4) is 33.6 Å². The number of halogens is 3. The number of rotatable bonds is 6. The van der Waals surface area contributed by atoms with Crippen molar-refractivity contribution in [3.05, 3.63) is 83.2 Å². The van der Waals surface area contributed by atoms with E-state index in [9.17, 15) is 13.2 Å². The standard InChI is InChI=1S/C29H27F3N3/c1-4-5-6-9-18-14-22-20-10-7-8-11-23(20)28(2,3)24(22)16-21(18)19-12-13-33-25(15-19)26-17-27(35-34-26)29(30,31)32/h7-8,10-17H,4-6,9H2,1-3H3/q-1. The van der Waals surface area contributed by atoms with Gasteiger partial charge in [0.2, 0.25) is 0 Å². The summed E-state index contributed by atoms with van der Waals surface area (Å²) < 4.78 is 39.2. The summed E-state index contributed by atoms with van der Waals surface area (Å²) in [6.07, 6.45) is 1.39. The number of hydrogen-bond donors (Lipinski definition) is 0. The lowest BCUT2D eigenvalue weighted by molar-refractivity contribution is -0.141. The second-order valence-corrected chi connectivity index (χ2v) is 9.72. The molecule has 4 aromatic rings. The van der Waals surface area contributed by atoms with Crippen molar-refractivity contribution in [2.24, 2.45) is 0 Å². The minimum atomic E-state index is -4.53. The minimum Gasteiger partial charge on any atom is -0.573 e. The number of benzene rings is 2. The van der Waals surface area contributed by atoms with Crippen LogP contribution < -0.4 is 5.10 Å². The third kappa shape index (κ3) is 4.15. The first kappa shape index (κ1) is 23.3. The summed E-state index contributed by atoms with van der Waals surface area (Å²) in [5.74, 6) is 0. The van der Waals surface area contributed by atoms with Gasteiger partial charge in [-0.1, -0.05) is 69.6 Å². The quantitative estimate of drug-likeness (QED) is 0.267. The number of alkyl halides is 3. The van der Waals surface area contributed by atoms with Crippen molar-refractivity contribution in [1.82, 2.24) is 15.2 Å². The SMILES string of the molecule is CCCCCc1cc2c(cc1-c1ccnc(-c3cc(C(F)(F)F)n[n-]3)c1)C(C)(C)c1ccccc1-2. The fourth-order valence-corrected chi connectivity index (χ4v) is 5.13. The molecule has 2 heterocycles. The van der Waals surface area contributed by atoms with E-state index < -0.39 is 11.9 Å². The number of aryl methyl sites for hydroxylation is 1. The third-order valence-corrected chi connectivity index (χ3v) is 7.02. The van der Waals surface area contributed by atoms with E-state index in [4.69, 9.17) is 0 Å². The molecule has 2 aromatic heterocycles. The van der Waals surface area contributed by atoms with E-state index in [-0.39, 0.29) is 11.1 Å². The van der Waals surface area contributed by atoms with Crippen molar-refractivity contribution in [2.75, 3.05) is 0 Å². The lowest BCUT2D eigenvalue weighted by Crippen LogP contribution is -2.15. The Morgan fingerprint density at radius 2 is 1.69 bits per heavy atom. The topological polar surface area (TPSA) is 39.9 Å². The molecule has 1 aliphatic carbocycles. The number of hydrogen-bond acceptors (Lipinski definition) is 2. The average molecular weight is 475 g/mol. The first-order valence-corrected chi connectivity index (χ1v) is 12.0. The maximum absolute atomic E-state index is 13.1. The van der Waals surface area contributed by atoms with E-state index in [1.54, 1.807) is 6.20 Å². The Hall–Kier alpha value is -3.41. The zero-order valence-corrected chi connectivity index (χ0v) is 20.1. The van der Waals surface area contributed by atoms with Crippen molar-refractivity contribution in [1.29, 1.82) is 0 Å². The van der Waals surface area contributed by atoms with Crippen LogP contribution in [0.2, 0.25) is 0 Å². The van der Waals surface area contributed by atoms with Gasteiger partial charge in [-0.05, 0) is 76.1 Å². The summed E-state index contributed by atoms with van der Waals surface area (Å²) in [5.41, 5.74) is 7.75. The summed E-state index contributed by atoms with van der Waals surface area (Å²) in [6, 6.07) is 17.8. The zero-order chi connectivity index (χ0) is 24.8. The Morgan fingerprint density at radius 3 is 2.43 bits per heavy atom. The molecule has 2 aromatic carbocycles. The van der Waals surface area contributed by atoms with Crippen LogP contribution in [0.3, 0.4) is 0 Å². The maximum atomic E-state index is 13.1. The van der Waals surface area contributed by atoms with E-state index in [2.05, 4.69) is 72.4 Å². The van der Waals surface area contributed by atoms with Gasteiger partial charge >= 0.3 is 6.18 Å². The summed E-state index contributed by atoms with van der Waals surface area (Å²) >= 11 is 0. The van der Waals surface area contributed by atoms with Gasteiger partial charge in [-0.15, -0.1) is 0 Å². The van der Waals surface area contributed by atoms with Crippen molar-refractivity contribution >= 4 is 0 Å². The first-order chi connectivity index (χ1) is 16.7. The Balaban J connectivity index is 1.63. The molecule has 0 fully saturated rings. The first-order valence-electron chi connectivity index (χ1n) is 12.0. The van der Waals surface area contributed by atoms with Gasteiger partial charge in [0, 0.05) is 17.3 Å². The number of aromatic nitrogens is 3. The number of unbranched alkanes of at least 4 members (excludes halogenated alkanes) is 2. The van der Waals surface area contributed by atoms with E-state index in [0.29, 0.717) is 5.69 Å². The molecule has 0 radical (unpaired) electrons. The van der Waals surface area contributed by atoms with Gasteiger partial charge in [-0.2, -0.15) is 13.2 Å². The fraction of sp³-hybridized carbons (Fsp3) is 0.310.